The fourth-order valence-corrected chi connectivity index (χ4v) is 5.11. The standard InChI is InChI=1S/C25H24Cl2N6O4/c1-4-19(34)30-15-11-37-12-16(15)31-25-29-9-13-10-33(24-14(22(13)32-25)6-5-7-28-24)23-20(26)17(35-2)8-18(36-3)21(23)27/h4-9,15-16H,1,10-12H2,2-3H3,(H,30,34)(H,29,31,32)/t15-,16+/m0/s1. The Labute approximate surface area is 223 Å². The number of carbonyl (C=O) groups is 1. The number of carbonyl (C=O) groups excluding carboxylic acids is 1. The first-order chi connectivity index (χ1) is 17.9. The van der Waals surface area contributed by atoms with Gasteiger partial charge in [-0.2, -0.15) is 0 Å². The number of nitrogens with one attached hydrogen (secondary N) is 2. The smallest absolute Gasteiger partial charge is 0.243 e. The highest BCUT2D eigenvalue weighted by Gasteiger charge is 2.33. The number of fused-ring (bicyclic) bond motifs is 3. The molecule has 4 heterocycles. The summed E-state index contributed by atoms with van der Waals surface area (Å²) in [7, 11) is 3.06. The topological polar surface area (TPSA) is 111 Å². The second-order valence-electron chi connectivity index (χ2n) is 8.39. The minimum Gasteiger partial charge on any atom is -0.495 e. The average molecular weight is 543 g/mol. The van der Waals surface area contributed by atoms with Gasteiger partial charge in [0.15, 0.2) is 0 Å². The number of amides is 1. The molecule has 12 heteroatoms. The third kappa shape index (κ3) is 4.63. The van der Waals surface area contributed by atoms with Gasteiger partial charge in [0.05, 0.1) is 57.4 Å². The van der Waals surface area contributed by atoms with Crippen molar-refractivity contribution in [3.8, 4) is 22.8 Å². The monoisotopic (exact) mass is 542 g/mol. The van der Waals surface area contributed by atoms with Gasteiger partial charge in [0, 0.05) is 29.6 Å². The van der Waals surface area contributed by atoms with Gasteiger partial charge in [0.1, 0.15) is 27.4 Å². The SMILES string of the molecule is C=CC(=O)N[C@H]1COC[C@H]1Nc1ncc2c(n1)-c1cccnc1N(c1c(Cl)c(OC)cc(OC)c1Cl)C2. The lowest BCUT2D eigenvalue weighted by atomic mass is 10.0. The molecule has 10 nitrogen and oxygen atoms in total. The molecule has 0 unspecified atom stereocenters. The second kappa shape index (κ2) is 10.4. The lowest BCUT2D eigenvalue weighted by Gasteiger charge is -2.33. The summed E-state index contributed by atoms with van der Waals surface area (Å²) < 4.78 is 16.5. The maximum Gasteiger partial charge on any atom is 0.243 e. The molecule has 2 aromatic heterocycles. The zero-order valence-corrected chi connectivity index (χ0v) is 21.6. The van der Waals surface area contributed by atoms with E-state index in [-0.39, 0.29) is 18.0 Å². The number of anilines is 3. The van der Waals surface area contributed by atoms with Crippen molar-refractivity contribution in [2.45, 2.75) is 18.6 Å². The van der Waals surface area contributed by atoms with Crippen LogP contribution in [0.3, 0.4) is 0 Å². The molecule has 1 amide bonds. The normalized spacial score (nSPS) is 18.0. The van der Waals surface area contributed by atoms with Crippen molar-refractivity contribution >= 4 is 46.6 Å². The third-order valence-electron chi connectivity index (χ3n) is 6.22. The fourth-order valence-electron chi connectivity index (χ4n) is 4.41. The molecule has 192 valence electrons. The molecule has 2 N–H and O–H groups in total. The maximum atomic E-state index is 11.8. The Hall–Kier alpha value is -3.60. The summed E-state index contributed by atoms with van der Waals surface area (Å²) in [5.74, 6) is 1.62. The molecular formula is C25H24Cl2N6O4. The van der Waals surface area contributed by atoms with E-state index in [1.165, 1.54) is 20.3 Å². The molecule has 1 fully saturated rings. The third-order valence-corrected chi connectivity index (χ3v) is 6.95. The van der Waals surface area contributed by atoms with Crippen LogP contribution in [0.15, 0.2) is 43.2 Å². The zero-order valence-electron chi connectivity index (χ0n) is 20.1. The van der Waals surface area contributed by atoms with Gasteiger partial charge in [0.2, 0.25) is 11.9 Å². The number of hydrogen-bond acceptors (Lipinski definition) is 9. The number of hydrogen-bond donors (Lipinski definition) is 2. The van der Waals surface area contributed by atoms with E-state index >= 15 is 0 Å². The van der Waals surface area contributed by atoms with Crippen LogP contribution in [-0.4, -0.2) is 60.4 Å². The van der Waals surface area contributed by atoms with Gasteiger partial charge < -0.3 is 29.7 Å². The summed E-state index contributed by atoms with van der Waals surface area (Å²) in [4.78, 5) is 27.6. The van der Waals surface area contributed by atoms with E-state index in [9.17, 15) is 4.79 Å². The van der Waals surface area contributed by atoms with Crippen LogP contribution in [0.4, 0.5) is 17.5 Å². The van der Waals surface area contributed by atoms with Crippen molar-refractivity contribution in [2.75, 3.05) is 37.7 Å². The molecule has 2 aliphatic heterocycles. The minimum atomic E-state index is -0.264. The first-order valence-electron chi connectivity index (χ1n) is 11.4. The number of benzene rings is 1. The Morgan fingerprint density at radius 3 is 2.62 bits per heavy atom. The zero-order chi connectivity index (χ0) is 26.1. The molecule has 1 aromatic carbocycles. The maximum absolute atomic E-state index is 11.8. The molecule has 37 heavy (non-hydrogen) atoms. The van der Waals surface area contributed by atoms with Gasteiger partial charge in [0.25, 0.3) is 0 Å². The number of halogens is 2. The number of ether oxygens (including phenoxy) is 3. The van der Waals surface area contributed by atoms with E-state index in [1.807, 2.05) is 17.0 Å². The highest BCUT2D eigenvalue weighted by atomic mass is 35.5. The van der Waals surface area contributed by atoms with Crippen LogP contribution in [0.2, 0.25) is 10.0 Å². The van der Waals surface area contributed by atoms with Gasteiger partial charge in [-0.1, -0.05) is 29.8 Å². The Bertz CT molecular complexity index is 1340. The van der Waals surface area contributed by atoms with E-state index in [0.717, 1.165) is 16.8 Å². The van der Waals surface area contributed by atoms with Gasteiger partial charge in [-0.05, 0) is 18.2 Å². The molecule has 0 saturated carbocycles. The quantitative estimate of drug-likeness (QED) is 0.428. The fraction of sp³-hybridized carbons (Fsp3) is 0.280. The van der Waals surface area contributed by atoms with E-state index in [2.05, 4.69) is 27.2 Å². The summed E-state index contributed by atoms with van der Waals surface area (Å²) in [5.41, 5.74) is 2.86. The van der Waals surface area contributed by atoms with E-state index in [0.29, 0.717) is 58.8 Å². The van der Waals surface area contributed by atoms with Crippen LogP contribution < -0.4 is 25.0 Å². The molecule has 2 aliphatic rings. The first-order valence-corrected chi connectivity index (χ1v) is 12.2. The summed E-state index contributed by atoms with van der Waals surface area (Å²) in [6, 6.07) is 4.97. The second-order valence-corrected chi connectivity index (χ2v) is 9.15. The predicted octanol–water partition coefficient (Wildman–Crippen LogP) is 4.00. The summed E-state index contributed by atoms with van der Waals surface area (Å²) >= 11 is 13.5. The number of pyridine rings is 1. The molecule has 0 spiro atoms. The van der Waals surface area contributed by atoms with E-state index in [1.54, 1.807) is 18.5 Å². The molecule has 0 aliphatic carbocycles. The van der Waals surface area contributed by atoms with E-state index < -0.39 is 0 Å². The van der Waals surface area contributed by atoms with E-state index in [4.69, 9.17) is 42.4 Å². The first kappa shape index (κ1) is 25.1. The van der Waals surface area contributed by atoms with Gasteiger partial charge in [-0.3, -0.25) is 4.79 Å². The van der Waals surface area contributed by atoms with Crippen LogP contribution in [0.5, 0.6) is 11.5 Å². The van der Waals surface area contributed by atoms with Crippen LogP contribution in [0, 0.1) is 0 Å². The number of methoxy groups -OCH3 is 2. The van der Waals surface area contributed by atoms with Gasteiger partial charge >= 0.3 is 0 Å². The molecule has 0 radical (unpaired) electrons. The predicted molar refractivity (Wildman–Crippen MR) is 141 cm³/mol. The van der Waals surface area contributed by atoms with Crippen molar-refractivity contribution in [1.82, 2.24) is 20.3 Å². The number of nitrogens with zero attached hydrogens (tertiary/aromatic N) is 4. The van der Waals surface area contributed by atoms with Crippen molar-refractivity contribution in [3.05, 3.63) is 58.9 Å². The van der Waals surface area contributed by atoms with Crippen LogP contribution in [-0.2, 0) is 16.1 Å². The van der Waals surface area contributed by atoms with Crippen LogP contribution >= 0.6 is 23.2 Å². The van der Waals surface area contributed by atoms with Gasteiger partial charge in [-0.25, -0.2) is 15.0 Å². The molecule has 5 rings (SSSR count). The molecule has 2 atom stereocenters. The minimum absolute atomic E-state index is 0.197. The molecular weight excluding hydrogens is 519 g/mol. The Balaban J connectivity index is 1.51. The Kier molecular flexibility index (Phi) is 7.05. The van der Waals surface area contributed by atoms with Crippen molar-refractivity contribution < 1.29 is 19.0 Å². The summed E-state index contributed by atoms with van der Waals surface area (Å²) in [6.45, 7) is 4.65. The number of rotatable bonds is 7. The largest absolute Gasteiger partial charge is 0.495 e. The van der Waals surface area contributed by atoms with Crippen molar-refractivity contribution in [3.63, 3.8) is 0 Å². The summed E-state index contributed by atoms with van der Waals surface area (Å²) in [5, 5.41) is 6.82. The molecule has 3 aromatic rings. The van der Waals surface area contributed by atoms with Crippen LogP contribution in [0.1, 0.15) is 5.56 Å². The van der Waals surface area contributed by atoms with Gasteiger partial charge in [-0.15, -0.1) is 0 Å². The van der Waals surface area contributed by atoms with Crippen LogP contribution in [0.25, 0.3) is 11.3 Å². The molecule has 1 saturated heterocycles. The highest BCUT2D eigenvalue weighted by molar-refractivity contribution is 6.41. The molecule has 0 bridgehead atoms. The lowest BCUT2D eigenvalue weighted by Crippen LogP contribution is -2.45. The lowest BCUT2D eigenvalue weighted by molar-refractivity contribution is -0.117. The highest BCUT2D eigenvalue weighted by Crippen LogP contribution is 2.51. The summed E-state index contributed by atoms with van der Waals surface area (Å²) in [6.07, 6.45) is 4.68. The number of aromatic nitrogens is 3. The Morgan fingerprint density at radius 2 is 1.92 bits per heavy atom. The van der Waals surface area contributed by atoms with Crippen molar-refractivity contribution in [2.24, 2.45) is 0 Å². The van der Waals surface area contributed by atoms with Crippen molar-refractivity contribution in [1.29, 1.82) is 0 Å². The average Bonchev–Trinajstić information content (AvgIpc) is 3.35. The Morgan fingerprint density at radius 1 is 1.19 bits per heavy atom.